The Bertz CT molecular complexity index is 509. The fourth-order valence-corrected chi connectivity index (χ4v) is 3.11. The van der Waals surface area contributed by atoms with E-state index in [1.807, 2.05) is 4.90 Å². The standard InChI is InChI=1S/C15H21N3O2/c1-11-16-15(17-20-11)13-7-4-8-18(10-13)14(19)9-12-5-2-3-6-12/h2,5,12-13H,3-4,6-10H2,1H3. The molecule has 1 saturated heterocycles. The van der Waals surface area contributed by atoms with Gasteiger partial charge in [0.25, 0.3) is 0 Å². The van der Waals surface area contributed by atoms with Crippen LogP contribution in [-0.4, -0.2) is 34.0 Å². The average Bonchev–Trinajstić information content (AvgIpc) is 3.10. The van der Waals surface area contributed by atoms with Gasteiger partial charge in [0.1, 0.15) is 0 Å². The van der Waals surface area contributed by atoms with E-state index in [2.05, 4.69) is 22.3 Å². The van der Waals surface area contributed by atoms with Crippen molar-refractivity contribution in [2.24, 2.45) is 5.92 Å². The molecule has 2 aliphatic rings. The number of amides is 1. The van der Waals surface area contributed by atoms with E-state index in [9.17, 15) is 4.79 Å². The first-order valence-corrected chi connectivity index (χ1v) is 7.47. The number of carbonyl (C=O) groups excluding carboxylic acids is 1. The molecule has 3 rings (SSSR count). The van der Waals surface area contributed by atoms with Gasteiger partial charge in [-0.2, -0.15) is 4.98 Å². The summed E-state index contributed by atoms with van der Waals surface area (Å²) in [7, 11) is 0. The Kier molecular flexibility index (Phi) is 3.85. The molecule has 1 fully saturated rings. The number of hydrogen-bond donors (Lipinski definition) is 0. The maximum Gasteiger partial charge on any atom is 0.223 e. The Morgan fingerprint density at radius 2 is 2.40 bits per heavy atom. The van der Waals surface area contributed by atoms with Gasteiger partial charge in [0.2, 0.25) is 11.8 Å². The fourth-order valence-electron chi connectivity index (χ4n) is 3.11. The average molecular weight is 275 g/mol. The van der Waals surface area contributed by atoms with Crippen molar-refractivity contribution in [2.75, 3.05) is 13.1 Å². The zero-order valence-corrected chi connectivity index (χ0v) is 11.9. The topological polar surface area (TPSA) is 59.2 Å². The second-order valence-electron chi connectivity index (χ2n) is 5.82. The number of rotatable bonds is 3. The van der Waals surface area contributed by atoms with E-state index in [0.29, 0.717) is 18.2 Å². The van der Waals surface area contributed by atoms with Crippen LogP contribution >= 0.6 is 0 Å². The van der Waals surface area contributed by atoms with Gasteiger partial charge in [-0.1, -0.05) is 17.3 Å². The van der Waals surface area contributed by atoms with E-state index >= 15 is 0 Å². The smallest absolute Gasteiger partial charge is 0.223 e. The second-order valence-corrected chi connectivity index (χ2v) is 5.82. The highest BCUT2D eigenvalue weighted by Gasteiger charge is 2.28. The Labute approximate surface area is 119 Å². The van der Waals surface area contributed by atoms with Crippen LogP contribution in [-0.2, 0) is 4.79 Å². The van der Waals surface area contributed by atoms with Crippen molar-refractivity contribution >= 4 is 5.91 Å². The second kappa shape index (κ2) is 5.77. The highest BCUT2D eigenvalue weighted by Crippen LogP contribution is 2.27. The molecule has 0 N–H and O–H groups in total. The van der Waals surface area contributed by atoms with Crippen LogP contribution in [0.4, 0.5) is 0 Å². The lowest BCUT2D eigenvalue weighted by molar-refractivity contribution is -0.133. The van der Waals surface area contributed by atoms with Crippen LogP contribution in [0.15, 0.2) is 16.7 Å². The molecular weight excluding hydrogens is 254 g/mol. The van der Waals surface area contributed by atoms with Gasteiger partial charge in [-0.05, 0) is 31.6 Å². The molecule has 2 unspecified atom stereocenters. The molecule has 1 aromatic heterocycles. The van der Waals surface area contributed by atoms with Gasteiger partial charge >= 0.3 is 0 Å². The largest absolute Gasteiger partial charge is 0.342 e. The lowest BCUT2D eigenvalue weighted by Gasteiger charge is -2.32. The predicted molar refractivity (Wildman–Crippen MR) is 74.1 cm³/mol. The van der Waals surface area contributed by atoms with Crippen LogP contribution < -0.4 is 0 Å². The summed E-state index contributed by atoms with van der Waals surface area (Å²) in [5.41, 5.74) is 0. The first kappa shape index (κ1) is 13.3. The Morgan fingerprint density at radius 3 is 3.10 bits per heavy atom. The van der Waals surface area contributed by atoms with Gasteiger partial charge in [-0.15, -0.1) is 0 Å². The van der Waals surface area contributed by atoms with E-state index in [-0.39, 0.29) is 11.8 Å². The molecule has 1 amide bonds. The summed E-state index contributed by atoms with van der Waals surface area (Å²) >= 11 is 0. The van der Waals surface area contributed by atoms with E-state index in [1.54, 1.807) is 6.92 Å². The van der Waals surface area contributed by atoms with Crippen molar-refractivity contribution < 1.29 is 9.32 Å². The molecule has 0 saturated carbocycles. The molecule has 2 heterocycles. The molecule has 1 aliphatic heterocycles. The van der Waals surface area contributed by atoms with Gasteiger partial charge < -0.3 is 9.42 Å². The van der Waals surface area contributed by atoms with Crippen LogP contribution in [0.25, 0.3) is 0 Å². The number of carbonyl (C=O) groups is 1. The minimum atomic E-state index is 0.226. The maximum atomic E-state index is 12.4. The van der Waals surface area contributed by atoms with Crippen molar-refractivity contribution in [3.8, 4) is 0 Å². The van der Waals surface area contributed by atoms with Crippen LogP contribution in [0.3, 0.4) is 0 Å². The Hall–Kier alpha value is -1.65. The quantitative estimate of drug-likeness (QED) is 0.795. The summed E-state index contributed by atoms with van der Waals surface area (Å²) < 4.78 is 5.05. The summed E-state index contributed by atoms with van der Waals surface area (Å²) in [6.07, 6.45) is 9.29. The number of likely N-dealkylation sites (tertiary alicyclic amines) is 1. The van der Waals surface area contributed by atoms with Gasteiger partial charge in [-0.3, -0.25) is 4.79 Å². The SMILES string of the molecule is Cc1nc(C2CCCN(C(=O)CC3C=CCC3)C2)no1. The Balaban J connectivity index is 1.59. The molecule has 2 atom stereocenters. The maximum absolute atomic E-state index is 12.4. The summed E-state index contributed by atoms with van der Waals surface area (Å²) in [4.78, 5) is 18.6. The van der Waals surface area contributed by atoms with Crippen molar-refractivity contribution in [1.29, 1.82) is 0 Å². The highest BCUT2D eigenvalue weighted by atomic mass is 16.5. The van der Waals surface area contributed by atoms with Crippen LogP contribution in [0, 0.1) is 12.8 Å². The van der Waals surface area contributed by atoms with E-state index in [0.717, 1.165) is 44.6 Å². The molecule has 0 aromatic carbocycles. The number of aryl methyl sites for hydroxylation is 1. The van der Waals surface area contributed by atoms with E-state index in [4.69, 9.17) is 4.52 Å². The zero-order chi connectivity index (χ0) is 13.9. The highest BCUT2D eigenvalue weighted by molar-refractivity contribution is 5.77. The van der Waals surface area contributed by atoms with Crippen molar-refractivity contribution in [2.45, 2.75) is 44.9 Å². The molecular formula is C15H21N3O2. The zero-order valence-electron chi connectivity index (χ0n) is 11.9. The number of nitrogens with zero attached hydrogens (tertiary/aromatic N) is 3. The first-order valence-electron chi connectivity index (χ1n) is 7.47. The van der Waals surface area contributed by atoms with Crippen LogP contribution in [0.5, 0.6) is 0 Å². The fraction of sp³-hybridized carbons (Fsp3) is 0.667. The summed E-state index contributed by atoms with van der Waals surface area (Å²) in [6.45, 7) is 3.39. The van der Waals surface area contributed by atoms with Crippen LogP contribution in [0.1, 0.15) is 49.7 Å². The monoisotopic (exact) mass is 275 g/mol. The lowest BCUT2D eigenvalue weighted by Crippen LogP contribution is -2.39. The van der Waals surface area contributed by atoms with Gasteiger partial charge in [-0.25, -0.2) is 0 Å². The third kappa shape index (κ3) is 2.92. The molecule has 20 heavy (non-hydrogen) atoms. The molecule has 0 bridgehead atoms. The van der Waals surface area contributed by atoms with E-state index < -0.39 is 0 Å². The van der Waals surface area contributed by atoms with Crippen molar-refractivity contribution in [3.05, 3.63) is 23.9 Å². The van der Waals surface area contributed by atoms with Crippen molar-refractivity contribution in [1.82, 2.24) is 15.0 Å². The predicted octanol–water partition coefficient (Wildman–Crippen LogP) is 2.44. The third-order valence-corrected chi connectivity index (χ3v) is 4.23. The first-order chi connectivity index (χ1) is 9.72. The van der Waals surface area contributed by atoms with Crippen LogP contribution in [0.2, 0.25) is 0 Å². The lowest BCUT2D eigenvalue weighted by atomic mass is 9.96. The third-order valence-electron chi connectivity index (χ3n) is 4.23. The van der Waals surface area contributed by atoms with E-state index in [1.165, 1.54) is 0 Å². The Morgan fingerprint density at radius 1 is 1.50 bits per heavy atom. The molecule has 0 spiro atoms. The molecule has 5 nitrogen and oxygen atoms in total. The molecule has 1 aromatic rings. The molecule has 5 heteroatoms. The number of piperidine rings is 1. The minimum Gasteiger partial charge on any atom is -0.342 e. The van der Waals surface area contributed by atoms with Gasteiger partial charge in [0.15, 0.2) is 5.82 Å². The number of allylic oxidation sites excluding steroid dienone is 2. The van der Waals surface area contributed by atoms with Crippen molar-refractivity contribution in [3.63, 3.8) is 0 Å². The summed E-state index contributed by atoms with van der Waals surface area (Å²) in [6, 6.07) is 0. The summed E-state index contributed by atoms with van der Waals surface area (Å²) in [5, 5.41) is 4.00. The van der Waals surface area contributed by atoms with Gasteiger partial charge in [0, 0.05) is 32.4 Å². The van der Waals surface area contributed by atoms with Gasteiger partial charge in [0.05, 0.1) is 0 Å². The minimum absolute atomic E-state index is 0.226. The molecule has 0 radical (unpaired) electrons. The number of hydrogen-bond acceptors (Lipinski definition) is 4. The molecule has 1 aliphatic carbocycles. The summed E-state index contributed by atoms with van der Waals surface area (Å²) in [5.74, 6) is 2.28. The number of aromatic nitrogens is 2. The normalized spacial score (nSPS) is 26.1. The molecule has 108 valence electrons.